The van der Waals surface area contributed by atoms with E-state index in [0.29, 0.717) is 16.8 Å². The highest BCUT2D eigenvalue weighted by Crippen LogP contribution is 2.33. The lowest BCUT2D eigenvalue weighted by Gasteiger charge is -2.27. The predicted octanol–water partition coefficient (Wildman–Crippen LogP) is 4.05. The minimum Gasteiger partial charge on any atom is -0.362 e. The van der Waals surface area contributed by atoms with Crippen LogP contribution < -0.4 is 10.6 Å². The molecule has 1 aromatic heterocycles. The third kappa shape index (κ3) is 3.10. The van der Waals surface area contributed by atoms with Crippen LogP contribution in [0.15, 0.2) is 30.5 Å². The van der Waals surface area contributed by atoms with Crippen LogP contribution >= 0.6 is 11.6 Å². The number of anilines is 2. The molecule has 1 atom stereocenters. The van der Waals surface area contributed by atoms with Crippen molar-refractivity contribution in [2.24, 2.45) is 0 Å². The molecule has 0 saturated carbocycles. The monoisotopic (exact) mass is 302 g/mol. The summed E-state index contributed by atoms with van der Waals surface area (Å²) in [7, 11) is 0. The number of hydrogen-bond acceptors (Lipinski definition) is 4. The highest BCUT2D eigenvalue weighted by atomic mass is 35.5. The Kier molecular flexibility index (Phi) is 4.25. The lowest BCUT2D eigenvalue weighted by atomic mass is 9.88. The first-order valence-electron chi connectivity index (χ1n) is 7.38. The van der Waals surface area contributed by atoms with Crippen LogP contribution in [0.2, 0.25) is 5.02 Å². The largest absolute Gasteiger partial charge is 0.362 e. The van der Waals surface area contributed by atoms with Crippen LogP contribution in [-0.4, -0.2) is 16.5 Å². The van der Waals surface area contributed by atoms with Gasteiger partial charge in [0.15, 0.2) is 5.82 Å². The maximum atomic E-state index is 6.23. The summed E-state index contributed by atoms with van der Waals surface area (Å²) in [6.45, 7) is 2.80. The number of nitrogens with zero attached hydrogens (tertiary/aromatic N) is 2. The summed E-state index contributed by atoms with van der Waals surface area (Å²) in [6, 6.07) is 8.84. The van der Waals surface area contributed by atoms with E-state index >= 15 is 0 Å². The molecule has 1 heterocycles. The molecule has 1 aromatic carbocycles. The van der Waals surface area contributed by atoms with Crippen LogP contribution in [0.3, 0.4) is 0 Å². The molecule has 4 nitrogen and oxygen atoms in total. The second-order valence-electron chi connectivity index (χ2n) is 5.21. The van der Waals surface area contributed by atoms with Crippen LogP contribution in [0, 0.1) is 0 Å². The zero-order valence-corrected chi connectivity index (χ0v) is 12.8. The van der Waals surface area contributed by atoms with Gasteiger partial charge in [-0.2, -0.15) is 4.98 Å². The van der Waals surface area contributed by atoms with Gasteiger partial charge in [0.2, 0.25) is 5.95 Å². The molecule has 0 amide bonds. The summed E-state index contributed by atoms with van der Waals surface area (Å²) in [5, 5.41) is 7.15. The summed E-state index contributed by atoms with van der Waals surface area (Å²) in [4.78, 5) is 8.64. The van der Waals surface area contributed by atoms with E-state index in [4.69, 9.17) is 11.6 Å². The Hall–Kier alpha value is -1.81. The zero-order chi connectivity index (χ0) is 14.7. The van der Waals surface area contributed by atoms with Crippen LogP contribution in [0.4, 0.5) is 11.8 Å². The first kappa shape index (κ1) is 14.1. The molecule has 0 spiro atoms. The molecule has 0 aliphatic heterocycles. The number of benzene rings is 1. The lowest BCUT2D eigenvalue weighted by Crippen LogP contribution is -2.18. The molecular formula is C16H19ClN4. The third-order valence-corrected chi connectivity index (χ3v) is 4.04. The smallest absolute Gasteiger partial charge is 0.224 e. The Morgan fingerprint density at radius 2 is 2.19 bits per heavy atom. The fraction of sp³-hybridized carbons (Fsp3) is 0.375. The number of hydrogen-bond donors (Lipinski definition) is 2. The Morgan fingerprint density at radius 1 is 1.33 bits per heavy atom. The number of rotatable bonds is 4. The van der Waals surface area contributed by atoms with Gasteiger partial charge in [-0.05, 0) is 37.3 Å². The molecule has 1 aliphatic rings. The number of aryl methyl sites for hydroxylation is 1. The van der Waals surface area contributed by atoms with E-state index < -0.39 is 0 Å². The first-order chi connectivity index (χ1) is 10.3. The SMILES string of the molecule is CCNc1ncc(Cl)c(NC2CCCc3ccccc32)n1. The molecule has 0 fully saturated rings. The maximum Gasteiger partial charge on any atom is 0.224 e. The van der Waals surface area contributed by atoms with E-state index in [1.165, 1.54) is 17.5 Å². The molecule has 2 N–H and O–H groups in total. The molecule has 110 valence electrons. The average Bonchev–Trinajstić information content (AvgIpc) is 2.51. The summed E-state index contributed by atoms with van der Waals surface area (Å²) in [5.41, 5.74) is 2.77. The van der Waals surface area contributed by atoms with Gasteiger partial charge in [-0.25, -0.2) is 4.98 Å². The van der Waals surface area contributed by atoms with E-state index in [1.807, 2.05) is 6.92 Å². The van der Waals surface area contributed by atoms with Crippen LogP contribution in [0.25, 0.3) is 0 Å². The molecule has 2 aromatic rings. The van der Waals surface area contributed by atoms with Crippen molar-refractivity contribution in [3.8, 4) is 0 Å². The zero-order valence-electron chi connectivity index (χ0n) is 12.1. The van der Waals surface area contributed by atoms with Gasteiger partial charge in [-0.15, -0.1) is 0 Å². The molecule has 1 unspecified atom stereocenters. The third-order valence-electron chi connectivity index (χ3n) is 3.76. The van der Waals surface area contributed by atoms with Gasteiger partial charge in [0.25, 0.3) is 0 Å². The van der Waals surface area contributed by atoms with Gasteiger partial charge in [0, 0.05) is 6.54 Å². The Morgan fingerprint density at radius 3 is 3.05 bits per heavy atom. The fourth-order valence-electron chi connectivity index (χ4n) is 2.78. The lowest BCUT2D eigenvalue weighted by molar-refractivity contribution is 0.598. The second-order valence-corrected chi connectivity index (χ2v) is 5.62. The Labute approximate surface area is 130 Å². The molecule has 1 aliphatic carbocycles. The molecule has 5 heteroatoms. The van der Waals surface area contributed by atoms with Gasteiger partial charge >= 0.3 is 0 Å². The molecular weight excluding hydrogens is 284 g/mol. The van der Waals surface area contributed by atoms with Crippen molar-refractivity contribution in [3.05, 3.63) is 46.6 Å². The highest BCUT2D eigenvalue weighted by molar-refractivity contribution is 6.32. The standard InChI is InChI=1S/C16H19ClN4/c1-2-18-16-19-10-13(17)15(21-16)20-14-9-5-7-11-6-3-4-8-12(11)14/h3-4,6,8,10,14H,2,5,7,9H2,1H3,(H2,18,19,20,21). The quantitative estimate of drug-likeness (QED) is 0.894. The second kappa shape index (κ2) is 6.31. The minimum atomic E-state index is 0.261. The van der Waals surface area contributed by atoms with Crippen LogP contribution in [-0.2, 0) is 6.42 Å². The van der Waals surface area contributed by atoms with E-state index in [0.717, 1.165) is 19.4 Å². The molecule has 0 saturated heterocycles. The van der Waals surface area contributed by atoms with Crippen LogP contribution in [0.5, 0.6) is 0 Å². The fourth-order valence-corrected chi connectivity index (χ4v) is 2.93. The van der Waals surface area contributed by atoms with Crippen molar-refractivity contribution in [3.63, 3.8) is 0 Å². The van der Waals surface area contributed by atoms with Gasteiger partial charge < -0.3 is 10.6 Å². The molecule has 3 rings (SSSR count). The number of fused-ring (bicyclic) bond motifs is 1. The minimum absolute atomic E-state index is 0.261. The van der Waals surface area contributed by atoms with E-state index in [9.17, 15) is 0 Å². The topological polar surface area (TPSA) is 49.8 Å². The number of halogens is 1. The summed E-state index contributed by atoms with van der Waals surface area (Å²) < 4.78 is 0. The van der Waals surface area contributed by atoms with Crippen molar-refractivity contribution >= 4 is 23.4 Å². The molecule has 0 radical (unpaired) electrons. The molecule has 21 heavy (non-hydrogen) atoms. The van der Waals surface area contributed by atoms with Crippen molar-refractivity contribution in [2.45, 2.75) is 32.2 Å². The van der Waals surface area contributed by atoms with Crippen molar-refractivity contribution in [1.82, 2.24) is 9.97 Å². The van der Waals surface area contributed by atoms with Crippen molar-refractivity contribution in [1.29, 1.82) is 0 Å². The number of nitrogens with one attached hydrogen (secondary N) is 2. The van der Waals surface area contributed by atoms with Crippen LogP contribution in [0.1, 0.15) is 36.9 Å². The Bertz CT molecular complexity index is 629. The van der Waals surface area contributed by atoms with E-state index in [1.54, 1.807) is 6.20 Å². The van der Waals surface area contributed by atoms with E-state index in [2.05, 4.69) is 44.9 Å². The Balaban J connectivity index is 1.86. The first-order valence-corrected chi connectivity index (χ1v) is 7.76. The average molecular weight is 303 g/mol. The number of aromatic nitrogens is 2. The molecule has 0 bridgehead atoms. The normalized spacial score (nSPS) is 17.1. The van der Waals surface area contributed by atoms with Crippen molar-refractivity contribution < 1.29 is 0 Å². The maximum absolute atomic E-state index is 6.23. The summed E-state index contributed by atoms with van der Waals surface area (Å²) in [5.74, 6) is 1.30. The van der Waals surface area contributed by atoms with Gasteiger partial charge in [-0.3, -0.25) is 0 Å². The van der Waals surface area contributed by atoms with Gasteiger partial charge in [0.1, 0.15) is 5.02 Å². The van der Waals surface area contributed by atoms with Gasteiger partial charge in [0.05, 0.1) is 12.2 Å². The summed E-state index contributed by atoms with van der Waals surface area (Å²) >= 11 is 6.23. The van der Waals surface area contributed by atoms with Crippen molar-refractivity contribution in [2.75, 3.05) is 17.2 Å². The van der Waals surface area contributed by atoms with E-state index in [-0.39, 0.29) is 6.04 Å². The summed E-state index contributed by atoms with van der Waals surface area (Å²) in [6.07, 6.45) is 5.06. The van der Waals surface area contributed by atoms with Gasteiger partial charge in [-0.1, -0.05) is 35.9 Å². The predicted molar refractivity (Wildman–Crippen MR) is 86.9 cm³/mol. The highest BCUT2D eigenvalue weighted by Gasteiger charge is 2.21.